The minimum atomic E-state index is -0.272. The molecule has 3 nitrogen and oxygen atoms in total. The molecule has 0 aromatic heterocycles. The summed E-state index contributed by atoms with van der Waals surface area (Å²) in [6.07, 6.45) is 2.61. The molecule has 0 bridgehead atoms. The van der Waals surface area contributed by atoms with Crippen LogP contribution in [0.5, 0.6) is 5.75 Å². The summed E-state index contributed by atoms with van der Waals surface area (Å²) in [6, 6.07) is 9.45. The number of aryl methyl sites for hydroxylation is 1. The van der Waals surface area contributed by atoms with Gasteiger partial charge in [-0.05, 0) is 110 Å². The summed E-state index contributed by atoms with van der Waals surface area (Å²) in [7, 11) is 0. The Morgan fingerprint density at radius 2 is 1.74 bits per heavy atom. The van der Waals surface area contributed by atoms with E-state index >= 15 is 4.39 Å². The fourth-order valence-corrected chi connectivity index (χ4v) is 5.89. The van der Waals surface area contributed by atoms with Crippen molar-refractivity contribution in [1.29, 1.82) is 0 Å². The van der Waals surface area contributed by atoms with E-state index in [4.69, 9.17) is 4.74 Å². The predicted molar refractivity (Wildman–Crippen MR) is 134 cm³/mol. The number of carbonyl (C=O) groups excluding carboxylic acids is 1. The quantitative estimate of drug-likeness (QED) is 0.434. The van der Waals surface area contributed by atoms with Gasteiger partial charge in [-0.3, -0.25) is 4.79 Å². The van der Waals surface area contributed by atoms with Crippen molar-refractivity contribution in [3.05, 3.63) is 86.2 Å². The molecular formula is C30H32FNO2. The minimum absolute atomic E-state index is 0.0615. The molecule has 0 saturated carbocycles. The third kappa shape index (κ3) is 3.51. The van der Waals surface area contributed by atoms with Crippen molar-refractivity contribution in [2.75, 3.05) is 6.61 Å². The van der Waals surface area contributed by atoms with Gasteiger partial charge >= 0.3 is 0 Å². The molecule has 0 saturated heterocycles. The summed E-state index contributed by atoms with van der Waals surface area (Å²) in [6.45, 7) is 12.3. The molecule has 3 aromatic carbocycles. The molecule has 0 N–H and O–H groups in total. The number of rotatable bonds is 3. The first-order valence-electron chi connectivity index (χ1n) is 12.3. The van der Waals surface area contributed by atoms with Gasteiger partial charge in [0.1, 0.15) is 0 Å². The van der Waals surface area contributed by atoms with E-state index in [1.807, 2.05) is 36.1 Å². The van der Waals surface area contributed by atoms with Crippen molar-refractivity contribution in [2.24, 2.45) is 0 Å². The van der Waals surface area contributed by atoms with Crippen molar-refractivity contribution in [3.63, 3.8) is 0 Å². The molecule has 0 unspecified atom stereocenters. The molecule has 2 aliphatic heterocycles. The van der Waals surface area contributed by atoms with Gasteiger partial charge in [-0.1, -0.05) is 24.6 Å². The van der Waals surface area contributed by atoms with Crippen LogP contribution in [0, 0.1) is 33.5 Å². The zero-order valence-electron chi connectivity index (χ0n) is 20.8. The van der Waals surface area contributed by atoms with Crippen LogP contribution >= 0.6 is 0 Å². The monoisotopic (exact) mass is 457 g/mol. The van der Waals surface area contributed by atoms with Crippen molar-refractivity contribution in [1.82, 2.24) is 4.90 Å². The Morgan fingerprint density at radius 1 is 1.00 bits per heavy atom. The molecule has 4 heteroatoms. The Balaban J connectivity index is 1.63. The van der Waals surface area contributed by atoms with Crippen molar-refractivity contribution < 1.29 is 13.9 Å². The number of hydrogen-bond donors (Lipinski definition) is 0. The van der Waals surface area contributed by atoms with Crippen LogP contribution in [0.3, 0.4) is 0 Å². The molecular weight excluding hydrogens is 425 g/mol. The van der Waals surface area contributed by atoms with Gasteiger partial charge in [-0.15, -0.1) is 0 Å². The fraction of sp³-hybridized carbons (Fsp3) is 0.367. The van der Waals surface area contributed by atoms with Crippen LogP contribution in [-0.4, -0.2) is 17.4 Å². The van der Waals surface area contributed by atoms with Gasteiger partial charge in [-0.2, -0.15) is 0 Å². The van der Waals surface area contributed by atoms with Crippen LogP contribution in [0.25, 0.3) is 11.1 Å². The third-order valence-electron chi connectivity index (χ3n) is 7.71. The molecule has 0 spiro atoms. The number of carbonyl (C=O) groups is 1. The normalized spacial score (nSPS) is 14.6. The average molecular weight is 458 g/mol. The molecule has 34 heavy (non-hydrogen) atoms. The van der Waals surface area contributed by atoms with E-state index in [9.17, 15) is 4.79 Å². The predicted octanol–water partition coefficient (Wildman–Crippen LogP) is 6.77. The highest BCUT2D eigenvalue weighted by atomic mass is 19.1. The van der Waals surface area contributed by atoms with Gasteiger partial charge in [0, 0.05) is 24.2 Å². The lowest BCUT2D eigenvalue weighted by atomic mass is 9.82. The average Bonchev–Trinajstić information content (AvgIpc) is 3.29. The summed E-state index contributed by atoms with van der Waals surface area (Å²) >= 11 is 0. The van der Waals surface area contributed by atoms with E-state index in [-0.39, 0.29) is 11.7 Å². The van der Waals surface area contributed by atoms with E-state index in [0.717, 1.165) is 58.2 Å². The molecule has 0 radical (unpaired) electrons. The van der Waals surface area contributed by atoms with Crippen LogP contribution in [0.2, 0.25) is 0 Å². The Labute approximate surface area is 201 Å². The number of nitrogens with zero attached hydrogens (tertiary/aromatic N) is 1. The highest BCUT2D eigenvalue weighted by molar-refractivity contribution is 5.95. The summed E-state index contributed by atoms with van der Waals surface area (Å²) in [5.74, 6) is 0.216. The van der Waals surface area contributed by atoms with Gasteiger partial charge in [-0.25, -0.2) is 4.39 Å². The molecule has 5 rings (SSSR count). The Hall–Kier alpha value is -3.14. The summed E-state index contributed by atoms with van der Waals surface area (Å²) in [5, 5.41) is 0. The van der Waals surface area contributed by atoms with E-state index in [0.29, 0.717) is 25.4 Å². The zero-order valence-corrected chi connectivity index (χ0v) is 20.8. The molecule has 0 fully saturated rings. The second kappa shape index (κ2) is 8.57. The first-order chi connectivity index (χ1) is 16.3. The first kappa shape index (κ1) is 22.6. The largest absolute Gasteiger partial charge is 0.490 e. The van der Waals surface area contributed by atoms with Gasteiger partial charge in [0.25, 0.3) is 5.91 Å². The van der Waals surface area contributed by atoms with E-state index in [1.54, 1.807) is 6.07 Å². The van der Waals surface area contributed by atoms with E-state index in [1.165, 1.54) is 22.3 Å². The maximum atomic E-state index is 15.1. The maximum Gasteiger partial charge on any atom is 0.254 e. The van der Waals surface area contributed by atoms with Crippen LogP contribution in [0.4, 0.5) is 4.39 Å². The van der Waals surface area contributed by atoms with Crippen molar-refractivity contribution in [3.8, 4) is 16.9 Å². The smallest absolute Gasteiger partial charge is 0.254 e. The second-order valence-corrected chi connectivity index (χ2v) is 9.74. The summed E-state index contributed by atoms with van der Waals surface area (Å²) in [5.41, 5.74) is 12.1. The Morgan fingerprint density at radius 3 is 2.44 bits per heavy atom. The molecule has 176 valence electrons. The molecule has 2 heterocycles. The Kier molecular flexibility index (Phi) is 5.71. The van der Waals surface area contributed by atoms with Gasteiger partial charge in [0.15, 0.2) is 11.6 Å². The molecule has 0 aliphatic carbocycles. The SMILES string of the molecule is CCc1c(C)c2c(c(C)c1-c1cc(F)c3c(c1C)CCCO3)CN(C(=O)c1cccc(C)c1)C2. The summed E-state index contributed by atoms with van der Waals surface area (Å²) < 4.78 is 20.8. The molecule has 0 atom stereocenters. The number of amides is 1. The lowest BCUT2D eigenvalue weighted by Crippen LogP contribution is -2.25. The molecule has 1 amide bonds. The van der Waals surface area contributed by atoms with Crippen LogP contribution in [-0.2, 0) is 25.9 Å². The fourth-order valence-electron chi connectivity index (χ4n) is 5.89. The second-order valence-electron chi connectivity index (χ2n) is 9.74. The van der Waals surface area contributed by atoms with Crippen LogP contribution in [0.15, 0.2) is 30.3 Å². The van der Waals surface area contributed by atoms with Gasteiger partial charge in [0.2, 0.25) is 0 Å². The molecule has 2 aliphatic rings. The number of hydrogen-bond acceptors (Lipinski definition) is 2. The van der Waals surface area contributed by atoms with Crippen LogP contribution < -0.4 is 4.74 Å². The zero-order chi connectivity index (χ0) is 24.1. The Bertz CT molecular complexity index is 1320. The lowest BCUT2D eigenvalue weighted by molar-refractivity contribution is 0.0751. The van der Waals surface area contributed by atoms with Crippen molar-refractivity contribution in [2.45, 2.75) is 67.0 Å². The number of fused-ring (bicyclic) bond motifs is 2. The topological polar surface area (TPSA) is 29.5 Å². The molecule has 3 aromatic rings. The van der Waals surface area contributed by atoms with Crippen molar-refractivity contribution >= 4 is 5.91 Å². The number of ether oxygens (including phenoxy) is 1. The maximum absolute atomic E-state index is 15.1. The highest BCUT2D eigenvalue weighted by Crippen LogP contribution is 2.44. The standard InChI is InChI=1S/C30H32FNO2/c1-6-22-18(3)25-15-32(30(33)21-10-7-9-17(2)13-21)16-26(25)20(5)28(22)24-14-27(31)29-23(19(24)4)11-8-12-34-29/h7,9-10,13-14H,6,8,11-12,15-16H2,1-5H3. The number of benzene rings is 3. The van der Waals surface area contributed by atoms with E-state index < -0.39 is 0 Å². The first-order valence-corrected chi connectivity index (χ1v) is 12.3. The van der Waals surface area contributed by atoms with E-state index in [2.05, 4.69) is 27.7 Å². The van der Waals surface area contributed by atoms with Gasteiger partial charge in [0.05, 0.1) is 6.61 Å². The third-order valence-corrected chi connectivity index (χ3v) is 7.71. The number of halogens is 1. The van der Waals surface area contributed by atoms with Crippen LogP contribution in [0.1, 0.15) is 68.2 Å². The highest BCUT2D eigenvalue weighted by Gasteiger charge is 2.31. The lowest BCUT2D eigenvalue weighted by Gasteiger charge is -2.25. The van der Waals surface area contributed by atoms with Gasteiger partial charge < -0.3 is 9.64 Å². The minimum Gasteiger partial charge on any atom is -0.490 e. The summed E-state index contributed by atoms with van der Waals surface area (Å²) in [4.78, 5) is 15.3.